The standard InChI is InChI=1S/C20H18N2O5/c1-2-11-27-20(26)13-8-4-6-10-15(13)22-19(25)16-17(23)12-7-3-5-9-14(12)21-18(16)24/h3-10,12,23H,2,11H2,1H3,(H,22,25). The number of anilines is 1. The van der Waals surface area contributed by atoms with Crippen LogP contribution in [-0.4, -0.2) is 35.2 Å². The van der Waals surface area contributed by atoms with Crippen LogP contribution in [0.1, 0.15) is 23.7 Å². The lowest BCUT2D eigenvalue weighted by Gasteiger charge is -2.21. The van der Waals surface area contributed by atoms with E-state index in [-0.39, 0.29) is 23.6 Å². The first-order valence-electron chi connectivity index (χ1n) is 8.51. The van der Waals surface area contributed by atoms with Crippen molar-refractivity contribution in [2.24, 2.45) is 10.9 Å². The Bertz CT molecular complexity index is 924. The van der Waals surface area contributed by atoms with Crippen molar-refractivity contribution in [3.8, 4) is 0 Å². The van der Waals surface area contributed by atoms with E-state index in [0.29, 0.717) is 12.1 Å². The molecule has 138 valence electrons. The zero-order valence-corrected chi connectivity index (χ0v) is 14.6. The maximum absolute atomic E-state index is 12.6. The Balaban J connectivity index is 1.86. The second kappa shape index (κ2) is 7.82. The Morgan fingerprint density at radius 1 is 1.26 bits per heavy atom. The molecule has 1 unspecified atom stereocenters. The van der Waals surface area contributed by atoms with Crippen LogP contribution in [-0.2, 0) is 14.3 Å². The predicted molar refractivity (Wildman–Crippen MR) is 99.5 cm³/mol. The number of rotatable bonds is 5. The number of esters is 1. The molecular weight excluding hydrogens is 348 g/mol. The number of para-hydroxylation sites is 1. The van der Waals surface area contributed by atoms with Gasteiger partial charge in [0.25, 0.3) is 11.8 Å². The Hall–Kier alpha value is -3.48. The van der Waals surface area contributed by atoms with E-state index in [4.69, 9.17) is 4.74 Å². The van der Waals surface area contributed by atoms with Crippen LogP contribution < -0.4 is 5.32 Å². The third-order valence-corrected chi connectivity index (χ3v) is 4.06. The van der Waals surface area contributed by atoms with Gasteiger partial charge in [-0.05, 0) is 24.6 Å². The first-order valence-corrected chi connectivity index (χ1v) is 8.51. The maximum Gasteiger partial charge on any atom is 0.340 e. The number of ether oxygens (including phenoxy) is 1. The summed E-state index contributed by atoms with van der Waals surface area (Å²) in [7, 11) is 0. The Labute approximate surface area is 155 Å². The van der Waals surface area contributed by atoms with E-state index in [2.05, 4.69) is 10.3 Å². The van der Waals surface area contributed by atoms with E-state index in [1.807, 2.05) is 6.92 Å². The van der Waals surface area contributed by atoms with Gasteiger partial charge in [0.05, 0.1) is 29.5 Å². The van der Waals surface area contributed by atoms with E-state index in [9.17, 15) is 19.5 Å². The number of benzene rings is 1. The van der Waals surface area contributed by atoms with Gasteiger partial charge in [-0.1, -0.05) is 37.3 Å². The molecule has 27 heavy (non-hydrogen) atoms. The third-order valence-electron chi connectivity index (χ3n) is 4.06. The number of carbonyl (C=O) groups excluding carboxylic acids is 3. The molecule has 2 amide bonds. The quantitative estimate of drug-likeness (QED) is 0.616. The number of aliphatic imine (C=N–C) groups is 1. The monoisotopic (exact) mass is 366 g/mol. The summed E-state index contributed by atoms with van der Waals surface area (Å²) in [5, 5.41) is 12.9. The van der Waals surface area contributed by atoms with Crippen molar-refractivity contribution >= 4 is 29.2 Å². The topological polar surface area (TPSA) is 105 Å². The molecule has 1 aromatic carbocycles. The predicted octanol–water partition coefficient (Wildman–Crippen LogP) is 2.73. The molecule has 0 fully saturated rings. The fraction of sp³-hybridized carbons (Fsp3) is 0.200. The molecule has 0 radical (unpaired) electrons. The third kappa shape index (κ3) is 3.72. The van der Waals surface area contributed by atoms with Crippen LogP contribution in [0.4, 0.5) is 5.69 Å². The van der Waals surface area contributed by atoms with Gasteiger partial charge in [-0.15, -0.1) is 0 Å². The van der Waals surface area contributed by atoms with Crippen LogP contribution in [0, 0.1) is 5.92 Å². The summed E-state index contributed by atoms with van der Waals surface area (Å²) in [6, 6.07) is 6.29. The number of allylic oxidation sites excluding steroid dienone is 4. The second-order valence-electron chi connectivity index (χ2n) is 5.96. The number of carbonyl (C=O) groups is 3. The van der Waals surface area contributed by atoms with Crippen molar-refractivity contribution < 1.29 is 24.2 Å². The SMILES string of the molecule is CCCOC(=O)c1ccccc1NC(=O)C1=C(O)C2C=CC=CC2=NC1=O. The molecule has 0 saturated heterocycles. The van der Waals surface area contributed by atoms with Crippen LogP contribution in [0.15, 0.2) is 64.9 Å². The minimum absolute atomic E-state index is 0.160. The molecule has 7 heteroatoms. The number of aliphatic hydroxyl groups is 1. The van der Waals surface area contributed by atoms with E-state index in [1.54, 1.807) is 36.4 Å². The Kier molecular flexibility index (Phi) is 5.30. The summed E-state index contributed by atoms with van der Waals surface area (Å²) in [5.74, 6) is -3.25. The average Bonchev–Trinajstić information content (AvgIpc) is 2.66. The van der Waals surface area contributed by atoms with Gasteiger partial charge in [0, 0.05) is 0 Å². The summed E-state index contributed by atoms with van der Waals surface area (Å²) in [4.78, 5) is 40.9. The number of nitrogens with zero attached hydrogens (tertiary/aromatic N) is 1. The van der Waals surface area contributed by atoms with Crippen molar-refractivity contribution in [3.63, 3.8) is 0 Å². The molecule has 0 spiro atoms. The average molecular weight is 366 g/mol. The van der Waals surface area contributed by atoms with Crippen LogP contribution in [0.3, 0.4) is 0 Å². The Morgan fingerprint density at radius 3 is 2.81 bits per heavy atom. The summed E-state index contributed by atoms with van der Waals surface area (Å²) in [5.41, 5.74) is 0.276. The molecule has 1 aliphatic heterocycles. The molecular formula is C20H18N2O5. The number of aliphatic hydroxyl groups excluding tert-OH is 1. The van der Waals surface area contributed by atoms with Crippen molar-refractivity contribution in [3.05, 3.63) is 65.5 Å². The molecule has 0 saturated carbocycles. The maximum atomic E-state index is 12.6. The zero-order chi connectivity index (χ0) is 19.4. The minimum atomic E-state index is -0.834. The number of nitrogens with one attached hydrogen (secondary N) is 1. The smallest absolute Gasteiger partial charge is 0.340 e. The first-order chi connectivity index (χ1) is 13.0. The lowest BCUT2D eigenvalue weighted by molar-refractivity contribution is -0.119. The van der Waals surface area contributed by atoms with Gasteiger partial charge in [0.15, 0.2) is 0 Å². The first kappa shape index (κ1) is 18.3. The van der Waals surface area contributed by atoms with Crippen LogP contribution >= 0.6 is 0 Å². The highest BCUT2D eigenvalue weighted by atomic mass is 16.5. The highest BCUT2D eigenvalue weighted by molar-refractivity contribution is 6.28. The van der Waals surface area contributed by atoms with Crippen molar-refractivity contribution in [1.29, 1.82) is 0 Å². The molecule has 0 aromatic heterocycles. The van der Waals surface area contributed by atoms with E-state index in [0.717, 1.165) is 0 Å². The molecule has 1 aromatic rings. The molecule has 1 atom stereocenters. The molecule has 1 aliphatic carbocycles. The van der Waals surface area contributed by atoms with Gasteiger partial charge >= 0.3 is 5.97 Å². The fourth-order valence-electron chi connectivity index (χ4n) is 2.75. The summed E-state index contributed by atoms with van der Waals surface area (Å²) >= 11 is 0. The van der Waals surface area contributed by atoms with E-state index < -0.39 is 29.3 Å². The van der Waals surface area contributed by atoms with Gasteiger partial charge in [-0.2, -0.15) is 0 Å². The largest absolute Gasteiger partial charge is 0.510 e. The number of dihydropyridines is 1. The number of fused-ring (bicyclic) bond motifs is 1. The number of hydrogen-bond acceptors (Lipinski definition) is 5. The van der Waals surface area contributed by atoms with Gasteiger partial charge in [0.2, 0.25) is 0 Å². The molecule has 7 nitrogen and oxygen atoms in total. The lowest BCUT2D eigenvalue weighted by atomic mass is 9.90. The summed E-state index contributed by atoms with van der Waals surface area (Å²) in [6.07, 6.45) is 7.30. The Morgan fingerprint density at radius 2 is 2.04 bits per heavy atom. The molecule has 2 N–H and O–H groups in total. The van der Waals surface area contributed by atoms with Crippen molar-refractivity contribution in [2.45, 2.75) is 13.3 Å². The minimum Gasteiger partial charge on any atom is -0.510 e. The second-order valence-corrected chi connectivity index (χ2v) is 5.96. The highest BCUT2D eigenvalue weighted by Crippen LogP contribution is 2.27. The van der Waals surface area contributed by atoms with Gasteiger partial charge < -0.3 is 15.2 Å². The van der Waals surface area contributed by atoms with Crippen molar-refractivity contribution in [1.82, 2.24) is 0 Å². The molecule has 2 aliphatic rings. The van der Waals surface area contributed by atoms with Crippen molar-refractivity contribution in [2.75, 3.05) is 11.9 Å². The zero-order valence-electron chi connectivity index (χ0n) is 14.6. The van der Waals surface area contributed by atoms with Gasteiger partial charge in [-0.3, -0.25) is 9.59 Å². The van der Waals surface area contributed by atoms with Crippen LogP contribution in [0.25, 0.3) is 0 Å². The van der Waals surface area contributed by atoms with Crippen LogP contribution in [0.2, 0.25) is 0 Å². The molecule has 0 bridgehead atoms. The van der Waals surface area contributed by atoms with Gasteiger partial charge in [0.1, 0.15) is 11.3 Å². The normalized spacial score (nSPS) is 18.0. The number of amides is 2. The van der Waals surface area contributed by atoms with Crippen LogP contribution in [0.5, 0.6) is 0 Å². The van der Waals surface area contributed by atoms with E-state index >= 15 is 0 Å². The van der Waals surface area contributed by atoms with Gasteiger partial charge in [-0.25, -0.2) is 9.79 Å². The molecule has 1 heterocycles. The fourth-order valence-corrected chi connectivity index (χ4v) is 2.75. The highest BCUT2D eigenvalue weighted by Gasteiger charge is 2.34. The number of hydrogen-bond donors (Lipinski definition) is 2. The van der Waals surface area contributed by atoms with E-state index in [1.165, 1.54) is 12.1 Å². The summed E-state index contributed by atoms with van der Waals surface area (Å²) in [6.45, 7) is 2.12. The molecule has 3 rings (SSSR count). The summed E-state index contributed by atoms with van der Waals surface area (Å²) < 4.78 is 5.10. The lowest BCUT2D eigenvalue weighted by Crippen LogP contribution is -2.31.